The summed E-state index contributed by atoms with van der Waals surface area (Å²) in [4.78, 5) is 56.2. The van der Waals surface area contributed by atoms with Gasteiger partial charge in [0, 0.05) is 77.4 Å². The normalized spacial score (nSPS) is 24.4. The Morgan fingerprint density at radius 2 is 1.51 bits per heavy atom. The molecule has 0 bridgehead atoms. The van der Waals surface area contributed by atoms with Crippen LogP contribution in [-0.4, -0.2) is 98.8 Å². The van der Waals surface area contributed by atoms with E-state index in [9.17, 15) is 18.8 Å². The quantitative estimate of drug-likeness (QED) is 0.0665. The van der Waals surface area contributed by atoms with Crippen LogP contribution in [-0.2, 0) is 26.7 Å². The number of nitrogen functional groups attached to an aromatic ring is 1. The topological polar surface area (TPSA) is 143 Å². The molecule has 2 aromatic heterocycles. The lowest BCUT2D eigenvalue weighted by molar-refractivity contribution is -0.137. The molecule has 3 aromatic carbocycles. The van der Waals surface area contributed by atoms with Crippen LogP contribution in [0.5, 0.6) is 11.5 Å². The summed E-state index contributed by atoms with van der Waals surface area (Å²) >= 11 is 7.57. The summed E-state index contributed by atoms with van der Waals surface area (Å²) in [6, 6.07) is 26.0. The minimum absolute atomic E-state index is 0.143. The Balaban J connectivity index is 0.000000193. The summed E-state index contributed by atoms with van der Waals surface area (Å²) in [6.45, 7) is 12.9. The van der Waals surface area contributed by atoms with E-state index >= 15 is 0 Å². The Bertz CT molecular complexity index is 2700. The number of carbonyl (C=O) groups excluding carboxylic acids is 3. The molecule has 5 fully saturated rings. The minimum Gasteiger partial charge on any atom is -0.457 e. The molecule has 5 aromatic rings. The summed E-state index contributed by atoms with van der Waals surface area (Å²) in [5, 5.41) is 6.66. The predicted octanol–water partition coefficient (Wildman–Crippen LogP) is 12.0. The van der Waals surface area contributed by atoms with Gasteiger partial charge in [-0.2, -0.15) is 24.4 Å². The van der Waals surface area contributed by atoms with Crippen LogP contribution < -0.4 is 21.1 Å². The fourth-order valence-corrected chi connectivity index (χ4v) is 14.0. The molecule has 4 saturated carbocycles. The number of thiophene rings is 1. The first kappa shape index (κ1) is 55.2. The highest BCUT2D eigenvalue weighted by atomic mass is 32.2. The second kappa shape index (κ2) is 24.8. The van der Waals surface area contributed by atoms with Crippen molar-refractivity contribution in [3.05, 3.63) is 101 Å². The van der Waals surface area contributed by atoms with Gasteiger partial charge >= 0.3 is 0 Å². The number of thioether (sulfide) groups is 1. The van der Waals surface area contributed by atoms with E-state index in [4.69, 9.17) is 15.5 Å². The molecule has 4 aliphatic carbocycles. The lowest BCUT2D eigenvalue weighted by atomic mass is 9.82. The summed E-state index contributed by atoms with van der Waals surface area (Å²) < 4.78 is 19.7. The molecule has 3 atom stereocenters. The highest BCUT2D eigenvalue weighted by molar-refractivity contribution is 8.00. The van der Waals surface area contributed by atoms with E-state index in [0.717, 1.165) is 63.4 Å². The van der Waals surface area contributed by atoms with Crippen LogP contribution in [0.3, 0.4) is 0 Å². The number of para-hydroxylation sites is 1. The number of carbonyl (C=O) groups is 3. The molecule has 11 nitrogen and oxygen atoms in total. The Morgan fingerprint density at radius 3 is 2.16 bits per heavy atom. The van der Waals surface area contributed by atoms with Crippen molar-refractivity contribution in [2.45, 2.75) is 145 Å². The number of nitrogens with one attached hydrogen (secondary N) is 2. The first-order valence-corrected chi connectivity index (χ1v) is 30.3. The van der Waals surface area contributed by atoms with Gasteiger partial charge in [0.25, 0.3) is 5.91 Å². The number of anilines is 1. The maximum Gasteiger partial charge on any atom is 0.258 e. The van der Waals surface area contributed by atoms with Crippen LogP contribution in [0.15, 0.2) is 85.2 Å². The smallest absolute Gasteiger partial charge is 0.258 e. The molecular formula is C60H78FN7O4S3. The number of nitrogens with zero attached hydrogens (tertiary/aromatic N) is 4. The van der Waals surface area contributed by atoms with Gasteiger partial charge in [0.05, 0.1) is 10.9 Å². The number of benzene rings is 3. The van der Waals surface area contributed by atoms with Crippen LogP contribution in [0.4, 0.5) is 10.2 Å². The number of piperazine rings is 1. The van der Waals surface area contributed by atoms with Crippen LogP contribution in [0, 0.1) is 23.7 Å². The Labute approximate surface area is 457 Å². The van der Waals surface area contributed by atoms with E-state index in [-0.39, 0.29) is 24.5 Å². The summed E-state index contributed by atoms with van der Waals surface area (Å²) in [7, 11) is 0. The van der Waals surface area contributed by atoms with Crippen molar-refractivity contribution in [1.82, 2.24) is 30.4 Å². The molecule has 402 valence electrons. The van der Waals surface area contributed by atoms with Gasteiger partial charge in [-0.05, 0) is 155 Å². The monoisotopic (exact) mass is 1080 g/mol. The number of aromatic nitrogens is 2. The first-order chi connectivity index (χ1) is 36.2. The number of thiol groups is 1. The Morgan fingerprint density at radius 1 is 0.853 bits per heavy atom. The van der Waals surface area contributed by atoms with Crippen molar-refractivity contribution < 1.29 is 23.5 Å². The number of hydrogen-bond donors (Lipinski definition) is 4. The third kappa shape index (κ3) is 13.6. The number of hydrogen-bond acceptors (Lipinski definition) is 12. The Hall–Kier alpha value is -4.54. The second-order valence-electron chi connectivity index (χ2n) is 22.6. The number of fused-ring (bicyclic) bond motifs is 1. The molecule has 5 aliphatic rings. The van der Waals surface area contributed by atoms with Crippen molar-refractivity contribution >= 4 is 70.0 Å². The van der Waals surface area contributed by atoms with Crippen LogP contribution in [0.2, 0.25) is 0 Å². The van der Waals surface area contributed by atoms with E-state index < -0.39 is 34.2 Å². The average molecular weight is 1080 g/mol. The van der Waals surface area contributed by atoms with Gasteiger partial charge in [0.1, 0.15) is 29.7 Å². The lowest BCUT2D eigenvalue weighted by Gasteiger charge is -2.43. The second-order valence-corrected chi connectivity index (χ2v) is 25.4. The van der Waals surface area contributed by atoms with Gasteiger partial charge in [-0.1, -0.05) is 68.7 Å². The fraction of sp³-hybridized carbons (Fsp3) is 0.550. The number of nitrogens with two attached hydrogens (primary N) is 1. The average Bonchev–Trinajstić information content (AvgIpc) is 3.80. The van der Waals surface area contributed by atoms with E-state index in [2.05, 4.69) is 57.1 Å². The minimum atomic E-state index is -1.85. The van der Waals surface area contributed by atoms with Crippen molar-refractivity contribution in [2.75, 3.05) is 44.7 Å². The molecule has 0 spiro atoms. The number of rotatable bonds is 17. The van der Waals surface area contributed by atoms with E-state index in [0.29, 0.717) is 36.9 Å². The van der Waals surface area contributed by atoms with Gasteiger partial charge in [-0.15, -0.1) is 11.3 Å². The fourth-order valence-electron chi connectivity index (χ4n) is 11.9. The number of halogens is 1. The van der Waals surface area contributed by atoms with Crippen molar-refractivity contribution in [3.8, 4) is 21.9 Å². The Kier molecular flexibility index (Phi) is 18.3. The number of Topliss-reactive ketones (excluding diaryl/α,β-unsaturated/α-hetero) is 1. The zero-order chi connectivity index (χ0) is 52.7. The van der Waals surface area contributed by atoms with Gasteiger partial charge < -0.3 is 26.0 Å². The van der Waals surface area contributed by atoms with E-state index in [1.54, 1.807) is 6.33 Å². The maximum absolute atomic E-state index is 14.3. The van der Waals surface area contributed by atoms with E-state index in [1.807, 2.05) is 98.2 Å². The molecule has 75 heavy (non-hydrogen) atoms. The zero-order valence-corrected chi connectivity index (χ0v) is 46.9. The molecule has 1 saturated heterocycles. The SMILES string of the molecule is CC1CCC(CN2CCN(C3CCC(c4sc(-c5ccc(Oc6ccccc6)cc5)c5c(N)ncnc45)CC3)CC2)CC1.CSC(C)(C)C(NC(=O)C1(F)CC1)C(=O)C1CCCC1C(=O)NCc1ccc(CS)cc1. The number of ketones is 1. The lowest BCUT2D eigenvalue weighted by Crippen LogP contribution is -2.57. The van der Waals surface area contributed by atoms with Crippen molar-refractivity contribution in [1.29, 1.82) is 0 Å². The first-order valence-electron chi connectivity index (χ1n) is 27.6. The number of alkyl halides is 1. The third-order valence-electron chi connectivity index (χ3n) is 17.1. The maximum atomic E-state index is 14.3. The highest BCUT2D eigenvalue weighted by Gasteiger charge is 2.54. The molecule has 0 radical (unpaired) electrons. The van der Waals surface area contributed by atoms with Crippen molar-refractivity contribution in [3.63, 3.8) is 0 Å². The molecule has 3 heterocycles. The molecule has 1 aliphatic heterocycles. The number of ether oxygens (including phenoxy) is 1. The van der Waals surface area contributed by atoms with Crippen LogP contribution in [0.25, 0.3) is 21.3 Å². The largest absolute Gasteiger partial charge is 0.457 e. The summed E-state index contributed by atoms with van der Waals surface area (Å²) in [5.41, 5.74) is 8.91. The molecule has 4 N–H and O–H groups in total. The highest BCUT2D eigenvalue weighted by Crippen LogP contribution is 2.48. The van der Waals surface area contributed by atoms with Gasteiger partial charge in [-0.3, -0.25) is 19.3 Å². The molecule has 15 heteroatoms. The van der Waals surface area contributed by atoms with Gasteiger partial charge in [-0.25, -0.2) is 14.4 Å². The molecule has 3 unspecified atom stereocenters. The number of amides is 2. The molecule has 10 rings (SSSR count). The summed E-state index contributed by atoms with van der Waals surface area (Å²) in [6.07, 6.45) is 16.6. The molecular weight excluding hydrogens is 998 g/mol. The van der Waals surface area contributed by atoms with Gasteiger partial charge in [0.15, 0.2) is 11.5 Å². The van der Waals surface area contributed by atoms with Crippen LogP contribution in [0.1, 0.15) is 126 Å². The standard InChI is InChI=1S/C36H45N5OS.C24H33FN2O3S2/c1-25-7-9-26(10-8-25)23-40-19-21-41(22-20-40)29-15-11-28(12-16-29)35-33-32(36(37)39-24-38-33)34(43-35)27-13-17-31(18-14-27)42-30-5-3-2-4-6-30;1-23(2,32-3)20(27-22(30)24(25)11-12-24)19(28)17-5-4-6-18(17)21(29)26-13-15-7-9-16(14-31)10-8-15/h2-6,13-14,17-18,24-26,28-29H,7-12,15-16,19-23H2,1H3,(H2,37,38,39);7-10,17-18,20,31H,4-6,11-14H2,1-3H3,(H,26,29)(H,27,30). The zero-order valence-electron chi connectivity index (χ0n) is 44.4. The predicted molar refractivity (Wildman–Crippen MR) is 307 cm³/mol. The van der Waals surface area contributed by atoms with Crippen LogP contribution >= 0.6 is 35.7 Å². The third-order valence-corrected chi connectivity index (χ3v) is 20.1. The van der Waals surface area contributed by atoms with Crippen molar-refractivity contribution in [2.24, 2.45) is 23.7 Å². The molecule has 2 amide bonds. The van der Waals surface area contributed by atoms with E-state index in [1.165, 1.54) is 106 Å². The summed E-state index contributed by atoms with van der Waals surface area (Å²) in [5.74, 6) is 3.36. The van der Waals surface area contributed by atoms with Gasteiger partial charge in [0.2, 0.25) is 5.91 Å².